The Morgan fingerprint density at radius 3 is 2.94 bits per heavy atom. The molecule has 1 N–H and O–H groups in total. The zero-order valence-corrected chi connectivity index (χ0v) is 11.0. The van der Waals surface area contributed by atoms with E-state index in [1.54, 1.807) is 6.20 Å². The molecule has 2 nitrogen and oxygen atoms in total. The van der Waals surface area contributed by atoms with Crippen molar-refractivity contribution in [3.63, 3.8) is 0 Å². The number of aryl methyl sites for hydroxylation is 1. The highest BCUT2D eigenvalue weighted by atomic mass is 16.3. The number of aliphatic hydroxyl groups is 1. The maximum absolute atomic E-state index is 10.2. The summed E-state index contributed by atoms with van der Waals surface area (Å²) in [7, 11) is 0. The minimum atomic E-state index is -0.116. The Hall–Kier alpha value is -0.890. The van der Waals surface area contributed by atoms with Crippen molar-refractivity contribution >= 4 is 0 Å². The van der Waals surface area contributed by atoms with Gasteiger partial charge in [-0.25, -0.2) is 0 Å². The van der Waals surface area contributed by atoms with Crippen molar-refractivity contribution in [3.05, 3.63) is 30.1 Å². The van der Waals surface area contributed by atoms with Crippen molar-refractivity contribution in [1.82, 2.24) is 4.98 Å². The van der Waals surface area contributed by atoms with E-state index in [-0.39, 0.29) is 6.10 Å². The first kappa shape index (κ1) is 12.2. The fourth-order valence-corrected chi connectivity index (χ4v) is 4.01. The number of aromatic nitrogens is 1. The molecule has 0 aliphatic heterocycles. The monoisotopic (exact) mass is 245 g/mol. The molecule has 0 spiro atoms. The van der Waals surface area contributed by atoms with E-state index in [1.165, 1.54) is 31.2 Å². The SMILES string of the molecule is OC(CCc1cccnc1)CC1CC2CCC1C2. The summed E-state index contributed by atoms with van der Waals surface area (Å²) in [5.41, 5.74) is 1.24. The molecule has 4 unspecified atom stereocenters. The Morgan fingerprint density at radius 2 is 2.28 bits per heavy atom. The lowest BCUT2D eigenvalue weighted by Gasteiger charge is -2.24. The third-order valence-electron chi connectivity index (χ3n) is 4.95. The van der Waals surface area contributed by atoms with E-state index in [4.69, 9.17) is 0 Å². The summed E-state index contributed by atoms with van der Waals surface area (Å²) in [5, 5.41) is 10.2. The number of aliphatic hydroxyl groups excluding tert-OH is 1. The first-order valence-electron chi connectivity index (χ1n) is 7.38. The normalized spacial score (nSPS) is 31.7. The number of hydrogen-bond donors (Lipinski definition) is 1. The molecule has 98 valence electrons. The second kappa shape index (κ2) is 5.40. The van der Waals surface area contributed by atoms with E-state index in [9.17, 15) is 5.11 Å². The molecular weight excluding hydrogens is 222 g/mol. The molecule has 0 radical (unpaired) electrons. The van der Waals surface area contributed by atoms with Gasteiger partial charge in [0, 0.05) is 12.4 Å². The van der Waals surface area contributed by atoms with E-state index >= 15 is 0 Å². The van der Waals surface area contributed by atoms with Gasteiger partial charge in [0.05, 0.1) is 6.10 Å². The molecule has 1 aromatic heterocycles. The molecule has 2 aliphatic rings. The van der Waals surface area contributed by atoms with Gasteiger partial charge in [-0.3, -0.25) is 4.98 Å². The summed E-state index contributed by atoms with van der Waals surface area (Å²) >= 11 is 0. The Balaban J connectivity index is 1.43. The van der Waals surface area contributed by atoms with Crippen LogP contribution in [-0.2, 0) is 6.42 Å². The van der Waals surface area contributed by atoms with E-state index in [2.05, 4.69) is 11.1 Å². The number of hydrogen-bond acceptors (Lipinski definition) is 2. The van der Waals surface area contributed by atoms with Gasteiger partial charge in [0.15, 0.2) is 0 Å². The smallest absolute Gasteiger partial charge is 0.0546 e. The molecule has 2 bridgehead atoms. The standard InChI is InChI=1S/C16H23NO/c18-16(6-4-12-2-1-7-17-11-12)10-15-9-13-3-5-14(15)8-13/h1-2,7,11,13-16,18H,3-6,8-10H2. The highest BCUT2D eigenvalue weighted by Crippen LogP contribution is 2.50. The van der Waals surface area contributed by atoms with Crippen LogP contribution in [0.4, 0.5) is 0 Å². The Kier molecular flexibility index (Phi) is 3.64. The summed E-state index contributed by atoms with van der Waals surface area (Å²) in [6.07, 6.45) is 12.2. The Morgan fingerprint density at radius 1 is 1.33 bits per heavy atom. The maximum Gasteiger partial charge on any atom is 0.0546 e. The predicted molar refractivity (Wildman–Crippen MR) is 72.1 cm³/mol. The minimum Gasteiger partial charge on any atom is -0.393 e. The molecule has 0 amide bonds. The van der Waals surface area contributed by atoms with Gasteiger partial charge in [-0.1, -0.05) is 12.5 Å². The zero-order chi connectivity index (χ0) is 12.4. The molecule has 0 aromatic carbocycles. The Labute approximate surface area is 109 Å². The number of rotatable bonds is 5. The number of fused-ring (bicyclic) bond motifs is 2. The van der Waals surface area contributed by atoms with Crippen LogP contribution in [0.2, 0.25) is 0 Å². The van der Waals surface area contributed by atoms with Gasteiger partial charge in [0.1, 0.15) is 0 Å². The van der Waals surface area contributed by atoms with Crippen molar-refractivity contribution in [2.45, 2.75) is 51.0 Å². The third kappa shape index (κ3) is 2.74. The number of pyridine rings is 1. The van der Waals surface area contributed by atoms with Crippen LogP contribution >= 0.6 is 0 Å². The van der Waals surface area contributed by atoms with E-state index in [1.807, 2.05) is 12.3 Å². The van der Waals surface area contributed by atoms with Gasteiger partial charge < -0.3 is 5.11 Å². The largest absolute Gasteiger partial charge is 0.393 e. The summed E-state index contributed by atoms with van der Waals surface area (Å²) in [5.74, 6) is 2.74. The molecule has 1 aromatic rings. The molecular formula is C16H23NO. The lowest BCUT2D eigenvalue weighted by atomic mass is 9.84. The lowest BCUT2D eigenvalue weighted by Crippen LogP contribution is -2.19. The minimum absolute atomic E-state index is 0.116. The van der Waals surface area contributed by atoms with Crippen LogP contribution in [0.5, 0.6) is 0 Å². The maximum atomic E-state index is 10.2. The summed E-state index contributed by atoms with van der Waals surface area (Å²) in [4.78, 5) is 4.12. The van der Waals surface area contributed by atoms with Crippen molar-refractivity contribution in [2.75, 3.05) is 0 Å². The van der Waals surface area contributed by atoms with Crippen molar-refractivity contribution in [1.29, 1.82) is 0 Å². The van der Waals surface area contributed by atoms with Crippen LogP contribution in [-0.4, -0.2) is 16.2 Å². The fraction of sp³-hybridized carbons (Fsp3) is 0.688. The van der Waals surface area contributed by atoms with E-state index < -0.39 is 0 Å². The van der Waals surface area contributed by atoms with Gasteiger partial charge in [0.25, 0.3) is 0 Å². The van der Waals surface area contributed by atoms with Crippen LogP contribution in [0.3, 0.4) is 0 Å². The Bertz CT molecular complexity index is 378. The first-order valence-corrected chi connectivity index (χ1v) is 7.38. The lowest BCUT2D eigenvalue weighted by molar-refractivity contribution is 0.117. The molecule has 2 saturated carbocycles. The van der Waals surface area contributed by atoms with Gasteiger partial charge in [-0.15, -0.1) is 0 Å². The van der Waals surface area contributed by atoms with Crippen LogP contribution in [0, 0.1) is 17.8 Å². The highest BCUT2D eigenvalue weighted by molar-refractivity contribution is 5.08. The third-order valence-corrected chi connectivity index (χ3v) is 4.95. The molecule has 2 aliphatic carbocycles. The molecule has 18 heavy (non-hydrogen) atoms. The van der Waals surface area contributed by atoms with Crippen LogP contribution in [0.25, 0.3) is 0 Å². The van der Waals surface area contributed by atoms with Crippen LogP contribution in [0.1, 0.15) is 44.1 Å². The van der Waals surface area contributed by atoms with Crippen LogP contribution in [0.15, 0.2) is 24.5 Å². The molecule has 4 atom stereocenters. The van der Waals surface area contributed by atoms with Gasteiger partial charge in [-0.05, 0) is 67.9 Å². The van der Waals surface area contributed by atoms with Crippen molar-refractivity contribution in [3.8, 4) is 0 Å². The first-order chi connectivity index (χ1) is 8.81. The van der Waals surface area contributed by atoms with E-state index in [0.29, 0.717) is 0 Å². The second-order valence-corrected chi connectivity index (χ2v) is 6.22. The highest BCUT2D eigenvalue weighted by Gasteiger charge is 2.39. The van der Waals surface area contributed by atoms with Crippen LogP contribution < -0.4 is 0 Å². The fourth-order valence-electron chi connectivity index (χ4n) is 4.01. The summed E-state index contributed by atoms with van der Waals surface area (Å²) < 4.78 is 0. The van der Waals surface area contributed by atoms with Gasteiger partial charge in [-0.2, -0.15) is 0 Å². The summed E-state index contributed by atoms with van der Waals surface area (Å²) in [6.45, 7) is 0. The summed E-state index contributed by atoms with van der Waals surface area (Å²) in [6, 6.07) is 4.06. The topological polar surface area (TPSA) is 33.1 Å². The average Bonchev–Trinajstić information content (AvgIpc) is 3.00. The average molecular weight is 245 g/mol. The van der Waals surface area contributed by atoms with Crippen molar-refractivity contribution in [2.24, 2.45) is 17.8 Å². The quantitative estimate of drug-likeness (QED) is 0.864. The molecule has 3 rings (SSSR count). The van der Waals surface area contributed by atoms with Gasteiger partial charge >= 0.3 is 0 Å². The molecule has 2 fully saturated rings. The van der Waals surface area contributed by atoms with Gasteiger partial charge in [0.2, 0.25) is 0 Å². The van der Waals surface area contributed by atoms with E-state index in [0.717, 1.165) is 37.0 Å². The van der Waals surface area contributed by atoms with Crippen molar-refractivity contribution < 1.29 is 5.11 Å². The molecule has 0 saturated heterocycles. The number of nitrogens with zero attached hydrogens (tertiary/aromatic N) is 1. The second-order valence-electron chi connectivity index (χ2n) is 6.22. The zero-order valence-electron chi connectivity index (χ0n) is 11.0. The molecule has 2 heteroatoms. The predicted octanol–water partition coefficient (Wildman–Crippen LogP) is 3.20. The molecule has 1 heterocycles.